The summed E-state index contributed by atoms with van der Waals surface area (Å²) in [6.45, 7) is 2.07. The molecule has 3 heteroatoms. The van der Waals surface area contributed by atoms with Crippen molar-refractivity contribution in [3.8, 4) is 0 Å². The van der Waals surface area contributed by atoms with Crippen LogP contribution < -0.4 is 5.32 Å². The van der Waals surface area contributed by atoms with Crippen LogP contribution in [0.1, 0.15) is 0 Å². The minimum atomic E-state index is 1.03. The van der Waals surface area contributed by atoms with Gasteiger partial charge in [-0.25, -0.2) is 0 Å². The van der Waals surface area contributed by atoms with Crippen LogP contribution in [0.2, 0.25) is 0 Å². The van der Waals surface area contributed by atoms with E-state index in [0.717, 1.165) is 16.5 Å². The minimum absolute atomic E-state index is 1.03. The van der Waals surface area contributed by atoms with Gasteiger partial charge in [-0.3, -0.25) is 0 Å². The number of halogens is 2. The molecule has 40 valence electrons. The maximum atomic E-state index is 3.31. The second-order valence-electron chi connectivity index (χ2n) is 1.47. The van der Waals surface area contributed by atoms with Gasteiger partial charge >= 0.3 is 0 Å². The standard InChI is InChI=1S/C4H5Br2N/c5-4(6)3-1-7-2-3/h7H,1-2H2. The quantitative estimate of drug-likeness (QED) is 0.662. The highest BCUT2D eigenvalue weighted by Gasteiger charge is 2.08. The van der Waals surface area contributed by atoms with Crippen molar-refractivity contribution in [1.82, 2.24) is 5.32 Å². The fraction of sp³-hybridized carbons (Fsp3) is 0.500. The lowest BCUT2D eigenvalue weighted by Crippen LogP contribution is -2.33. The highest BCUT2D eigenvalue weighted by molar-refractivity contribution is 9.28. The maximum Gasteiger partial charge on any atom is 0.0621 e. The maximum absolute atomic E-state index is 3.31. The lowest BCUT2D eigenvalue weighted by Gasteiger charge is -2.18. The number of nitrogens with one attached hydrogen (secondary N) is 1. The van der Waals surface area contributed by atoms with Crippen LogP contribution in [0, 0.1) is 0 Å². The zero-order valence-electron chi connectivity index (χ0n) is 3.67. The van der Waals surface area contributed by atoms with Gasteiger partial charge in [0, 0.05) is 13.1 Å². The summed E-state index contributed by atoms with van der Waals surface area (Å²) in [7, 11) is 0. The van der Waals surface area contributed by atoms with E-state index >= 15 is 0 Å². The summed E-state index contributed by atoms with van der Waals surface area (Å²) in [5, 5.41) is 3.12. The van der Waals surface area contributed by atoms with Crippen molar-refractivity contribution in [2.75, 3.05) is 13.1 Å². The van der Waals surface area contributed by atoms with Crippen molar-refractivity contribution >= 4 is 31.9 Å². The molecule has 0 saturated carbocycles. The SMILES string of the molecule is BrC(Br)=C1CNC1. The van der Waals surface area contributed by atoms with Gasteiger partial charge in [0.2, 0.25) is 0 Å². The van der Waals surface area contributed by atoms with E-state index in [1.165, 1.54) is 5.57 Å². The molecular weight excluding hydrogens is 222 g/mol. The van der Waals surface area contributed by atoms with Gasteiger partial charge in [-0.05, 0) is 37.4 Å². The number of hydrogen-bond acceptors (Lipinski definition) is 1. The molecule has 1 N–H and O–H groups in total. The Morgan fingerprint density at radius 2 is 2.00 bits per heavy atom. The molecule has 0 aromatic carbocycles. The second kappa shape index (κ2) is 2.29. The summed E-state index contributed by atoms with van der Waals surface area (Å²) in [6.07, 6.45) is 0. The number of rotatable bonds is 0. The third kappa shape index (κ3) is 1.27. The molecule has 0 amide bonds. The summed E-state index contributed by atoms with van der Waals surface area (Å²) in [4.78, 5) is 0. The van der Waals surface area contributed by atoms with Crippen LogP contribution in [0.3, 0.4) is 0 Å². The summed E-state index contributed by atoms with van der Waals surface area (Å²) in [5.41, 5.74) is 1.42. The molecule has 0 unspecified atom stereocenters. The van der Waals surface area contributed by atoms with Crippen molar-refractivity contribution in [2.24, 2.45) is 0 Å². The zero-order chi connectivity index (χ0) is 5.28. The van der Waals surface area contributed by atoms with Crippen molar-refractivity contribution in [2.45, 2.75) is 0 Å². The van der Waals surface area contributed by atoms with Crippen LogP contribution in [-0.4, -0.2) is 13.1 Å². The first-order valence-corrected chi connectivity index (χ1v) is 3.63. The van der Waals surface area contributed by atoms with Crippen LogP contribution in [0.25, 0.3) is 0 Å². The van der Waals surface area contributed by atoms with Gasteiger partial charge in [0.15, 0.2) is 0 Å². The Bertz CT molecular complexity index is 98.3. The van der Waals surface area contributed by atoms with Gasteiger partial charge in [-0.15, -0.1) is 0 Å². The van der Waals surface area contributed by atoms with Crippen molar-refractivity contribution in [1.29, 1.82) is 0 Å². The molecular formula is C4H5Br2N. The molecule has 1 fully saturated rings. The third-order valence-electron chi connectivity index (χ3n) is 0.944. The molecule has 0 aromatic heterocycles. The Morgan fingerprint density at radius 3 is 2.00 bits per heavy atom. The van der Waals surface area contributed by atoms with Gasteiger partial charge in [-0.2, -0.15) is 0 Å². The van der Waals surface area contributed by atoms with Crippen LogP contribution in [-0.2, 0) is 0 Å². The predicted octanol–water partition coefficient (Wildman–Crippen LogP) is 1.59. The van der Waals surface area contributed by atoms with Crippen molar-refractivity contribution in [3.05, 3.63) is 8.96 Å². The molecule has 7 heavy (non-hydrogen) atoms. The smallest absolute Gasteiger partial charge is 0.0621 e. The highest BCUT2D eigenvalue weighted by Crippen LogP contribution is 2.20. The van der Waals surface area contributed by atoms with Gasteiger partial charge in [0.25, 0.3) is 0 Å². The molecule has 0 aliphatic carbocycles. The number of hydrogen-bond donors (Lipinski definition) is 1. The second-order valence-corrected chi connectivity index (χ2v) is 4.12. The van der Waals surface area contributed by atoms with E-state index in [1.807, 2.05) is 0 Å². The molecule has 1 heterocycles. The average molecular weight is 227 g/mol. The normalized spacial score (nSPS) is 18.9. The van der Waals surface area contributed by atoms with E-state index in [4.69, 9.17) is 0 Å². The van der Waals surface area contributed by atoms with E-state index < -0.39 is 0 Å². The summed E-state index contributed by atoms with van der Waals surface area (Å²) >= 11 is 6.61. The lowest BCUT2D eigenvalue weighted by molar-refractivity contribution is 0.670. The largest absolute Gasteiger partial charge is 0.309 e. The van der Waals surface area contributed by atoms with Crippen LogP contribution in [0.5, 0.6) is 0 Å². The topological polar surface area (TPSA) is 12.0 Å². The van der Waals surface area contributed by atoms with Crippen molar-refractivity contribution < 1.29 is 0 Å². The van der Waals surface area contributed by atoms with Gasteiger partial charge in [0.05, 0.1) is 3.39 Å². The van der Waals surface area contributed by atoms with Crippen LogP contribution in [0.4, 0.5) is 0 Å². The molecule has 0 bridgehead atoms. The Labute approximate surface area is 59.4 Å². The van der Waals surface area contributed by atoms with Crippen LogP contribution in [0.15, 0.2) is 8.96 Å². The molecule has 1 saturated heterocycles. The minimum Gasteiger partial charge on any atom is -0.309 e. The van der Waals surface area contributed by atoms with Gasteiger partial charge < -0.3 is 5.32 Å². The first kappa shape index (κ1) is 5.79. The average Bonchev–Trinajstić information content (AvgIpc) is 1.23. The monoisotopic (exact) mass is 225 g/mol. The van der Waals surface area contributed by atoms with E-state index in [1.54, 1.807) is 0 Å². The molecule has 1 aliphatic heterocycles. The Balaban J connectivity index is 2.52. The van der Waals surface area contributed by atoms with E-state index in [2.05, 4.69) is 37.2 Å². The Morgan fingerprint density at radius 1 is 1.43 bits per heavy atom. The highest BCUT2D eigenvalue weighted by atomic mass is 79.9. The molecule has 0 atom stereocenters. The van der Waals surface area contributed by atoms with Gasteiger partial charge in [0.1, 0.15) is 0 Å². The molecule has 0 aromatic rings. The fourth-order valence-corrected chi connectivity index (χ4v) is 0.944. The third-order valence-corrected chi connectivity index (χ3v) is 2.07. The Kier molecular flexibility index (Phi) is 1.89. The summed E-state index contributed by atoms with van der Waals surface area (Å²) in [6, 6.07) is 0. The summed E-state index contributed by atoms with van der Waals surface area (Å²) in [5.74, 6) is 0. The van der Waals surface area contributed by atoms with E-state index in [9.17, 15) is 0 Å². The van der Waals surface area contributed by atoms with Gasteiger partial charge in [-0.1, -0.05) is 0 Å². The van der Waals surface area contributed by atoms with E-state index in [-0.39, 0.29) is 0 Å². The molecule has 1 nitrogen and oxygen atoms in total. The fourth-order valence-electron chi connectivity index (χ4n) is 0.384. The first-order valence-electron chi connectivity index (χ1n) is 2.04. The lowest BCUT2D eigenvalue weighted by atomic mass is 10.2. The summed E-state index contributed by atoms with van der Waals surface area (Å²) < 4.78 is 1.11. The van der Waals surface area contributed by atoms with Crippen molar-refractivity contribution in [3.63, 3.8) is 0 Å². The molecule has 1 aliphatic rings. The molecule has 0 spiro atoms. The zero-order valence-corrected chi connectivity index (χ0v) is 6.84. The Hall–Kier alpha value is 0.660. The predicted molar refractivity (Wildman–Crippen MR) is 37.7 cm³/mol. The molecule has 1 rings (SSSR count). The van der Waals surface area contributed by atoms with E-state index in [0.29, 0.717) is 0 Å². The first-order chi connectivity index (χ1) is 3.30. The van der Waals surface area contributed by atoms with Crippen LogP contribution >= 0.6 is 31.9 Å². The molecule has 0 radical (unpaired) electrons.